The number of aliphatic hydroxyl groups is 1. The fourth-order valence-electron chi connectivity index (χ4n) is 4.07. The van der Waals surface area contributed by atoms with Gasteiger partial charge in [-0.05, 0) is 36.2 Å². The maximum absolute atomic E-state index is 13.0. The molecule has 1 aromatic carbocycles. The van der Waals surface area contributed by atoms with Gasteiger partial charge >= 0.3 is 0 Å². The van der Waals surface area contributed by atoms with Crippen molar-refractivity contribution in [2.45, 2.75) is 64.7 Å². The van der Waals surface area contributed by atoms with Crippen LogP contribution in [0.4, 0.5) is 0 Å². The molecule has 3 nitrogen and oxygen atoms in total. The van der Waals surface area contributed by atoms with Gasteiger partial charge in [-0.15, -0.1) is 0 Å². The van der Waals surface area contributed by atoms with Gasteiger partial charge in [-0.3, -0.25) is 4.79 Å². The summed E-state index contributed by atoms with van der Waals surface area (Å²) in [4.78, 5) is 13.0. The van der Waals surface area contributed by atoms with Crippen LogP contribution in [-0.4, -0.2) is 24.2 Å². The number of nitrogens with one attached hydrogen (secondary N) is 1. The lowest BCUT2D eigenvalue weighted by molar-refractivity contribution is -0.124. The van der Waals surface area contributed by atoms with E-state index in [1.165, 1.54) is 19.3 Å². The van der Waals surface area contributed by atoms with Crippen molar-refractivity contribution >= 4 is 5.91 Å². The first-order valence-corrected chi connectivity index (χ1v) is 9.55. The Morgan fingerprint density at radius 2 is 1.88 bits per heavy atom. The van der Waals surface area contributed by atoms with Crippen LogP contribution in [0, 0.1) is 11.3 Å². The first-order chi connectivity index (χ1) is 11.6. The van der Waals surface area contributed by atoms with Crippen LogP contribution in [0.3, 0.4) is 0 Å². The van der Waals surface area contributed by atoms with Gasteiger partial charge in [0.1, 0.15) is 0 Å². The zero-order valence-electron chi connectivity index (χ0n) is 15.3. The molecule has 24 heavy (non-hydrogen) atoms. The Labute approximate surface area is 146 Å². The molecule has 1 aromatic rings. The maximum Gasteiger partial charge on any atom is 0.227 e. The Balaban J connectivity index is 2.07. The van der Waals surface area contributed by atoms with Crippen molar-refractivity contribution < 1.29 is 9.90 Å². The minimum absolute atomic E-state index is 0.0917. The van der Waals surface area contributed by atoms with Crippen LogP contribution in [0.5, 0.6) is 0 Å². The second-order valence-electron chi connectivity index (χ2n) is 7.53. The van der Waals surface area contributed by atoms with E-state index in [9.17, 15) is 9.90 Å². The fraction of sp³-hybridized carbons (Fsp3) is 0.667. The van der Waals surface area contributed by atoms with Crippen LogP contribution in [0.25, 0.3) is 0 Å². The Bertz CT molecular complexity index is 488. The smallest absolute Gasteiger partial charge is 0.227 e. The average Bonchev–Trinajstić information content (AvgIpc) is 2.62. The van der Waals surface area contributed by atoms with E-state index in [-0.39, 0.29) is 23.8 Å². The third-order valence-corrected chi connectivity index (χ3v) is 5.85. The van der Waals surface area contributed by atoms with Gasteiger partial charge in [-0.2, -0.15) is 0 Å². The SMILES string of the molecule is CC[C@H](C)[C@H](C(=O)NCC1(CCO)CCCCC1)c1ccccc1. The van der Waals surface area contributed by atoms with Gasteiger partial charge in [0.25, 0.3) is 0 Å². The molecular weight excluding hydrogens is 298 g/mol. The molecule has 1 fully saturated rings. The Morgan fingerprint density at radius 3 is 2.46 bits per heavy atom. The molecule has 0 spiro atoms. The zero-order valence-corrected chi connectivity index (χ0v) is 15.3. The van der Waals surface area contributed by atoms with E-state index in [0.717, 1.165) is 31.2 Å². The Kier molecular flexibility index (Phi) is 7.29. The monoisotopic (exact) mass is 331 g/mol. The van der Waals surface area contributed by atoms with E-state index in [0.29, 0.717) is 12.5 Å². The lowest BCUT2D eigenvalue weighted by Gasteiger charge is -2.37. The maximum atomic E-state index is 13.0. The summed E-state index contributed by atoms with van der Waals surface area (Å²) >= 11 is 0. The van der Waals surface area contributed by atoms with Crippen LogP contribution in [0.2, 0.25) is 0 Å². The second kappa shape index (κ2) is 9.22. The number of aliphatic hydroxyl groups excluding tert-OH is 1. The van der Waals surface area contributed by atoms with Gasteiger partial charge in [0, 0.05) is 13.2 Å². The number of benzene rings is 1. The van der Waals surface area contributed by atoms with Crippen molar-refractivity contribution in [1.29, 1.82) is 0 Å². The number of hydrogen-bond acceptors (Lipinski definition) is 2. The van der Waals surface area contributed by atoms with Crippen LogP contribution in [-0.2, 0) is 4.79 Å². The summed E-state index contributed by atoms with van der Waals surface area (Å²) in [6.07, 6.45) is 7.72. The quantitative estimate of drug-likeness (QED) is 0.747. The van der Waals surface area contributed by atoms with Crippen molar-refractivity contribution in [3.63, 3.8) is 0 Å². The van der Waals surface area contributed by atoms with Crippen LogP contribution in [0.15, 0.2) is 30.3 Å². The summed E-state index contributed by atoms with van der Waals surface area (Å²) < 4.78 is 0. The number of hydrogen-bond donors (Lipinski definition) is 2. The predicted molar refractivity (Wildman–Crippen MR) is 98.9 cm³/mol. The van der Waals surface area contributed by atoms with Crippen molar-refractivity contribution in [3.8, 4) is 0 Å². The fourth-order valence-corrected chi connectivity index (χ4v) is 4.07. The standard InChI is InChI=1S/C21H33NO2/c1-3-17(2)19(18-10-6-4-7-11-18)20(24)22-16-21(14-15-23)12-8-5-9-13-21/h4,6-7,10-11,17,19,23H,3,5,8-9,12-16H2,1-2H3,(H,22,24)/t17-,19-/m0/s1. The molecule has 0 heterocycles. The molecule has 0 bridgehead atoms. The highest BCUT2D eigenvalue weighted by Gasteiger charge is 2.33. The van der Waals surface area contributed by atoms with E-state index in [1.54, 1.807) is 0 Å². The van der Waals surface area contributed by atoms with Crippen molar-refractivity contribution in [3.05, 3.63) is 35.9 Å². The van der Waals surface area contributed by atoms with Crippen molar-refractivity contribution in [1.82, 2.24) is 5.32 Å². The van der Waals surface area contributed by atoms with E-state index < -0.39 is 0 Å². The van der Waals surface area contributed by atoms with E-state index >= 15 is 0 Å². The highest BCUT2D eigenvalue weighted by Crippen LogP contribution is 2.39. The molecule has 0 unspecified atom stereocenters. The van der Waals surface area contributed by atoms with Crippen molar-refractivity contribution in [2.24, 2.45) is 11.3 Å². The van der Waals surface area contributed by atoms with Gasteiger partial charge in [-0.25, -0.2) is 0 Å². The zero-order chi connectivity index (χ0) is 17.4. The third-order valence-electron chi connectivity index (χ3n) is 5.85. The van der Waals surface area contributed by atoms with Gasteiger partial charge in [0.2, 0.25) is 5.91 Å². The largest absolute Gasteiger partial charge is 0.396 e. The normalized spacial score (nSPS) is 19.5. The molecule has 2 atom stereocenters. The molecule has 134 valence electrons. The Morgan fingerprint density at radius 1 is 1.21 bits per heavy atom. The number of carbonyl (C=O) groups is 1. The molecule has 2 rings (SSSR count). The molecular formula is C21H33NO2. The first kappa shape index (κ1) is 19.0. The summed E-state index contributed by atoms with van der Waals surface area (Å²) in [6.45, 7) is 5.21. The van der Waals surface area contributed by atoms with Gasteiger partial charge in [0.05, 0.1) is 5.92 Å². The van der Waals surface area contributed by atoms with Crippen LogP contribution >= 0.6 is 0 Å². The summed E-state index contributed by atoms with van der Waals surface area (Å²) in [7, 11) is 0. The summed E-state index contributed by atoms with van der Waals surface area (Å²) in [5.74, 6) is 0.358. The molecule has 0 radical (unpaired) electrons. The lowest BCUT2D eigenvalue weighted by atomic mass is 9.71. The number of amides is 1. The van der Waals surface area contributed by atoms with Gasteiger partial charge in [-0.1, -0.05) is 69.9 Å². The molecule has 1 amide bonds. The molecule has 0 saturated heterocycles. The third kappa shape index (κ3) is 4.83. The number of carbonyl (C=O) groups excluding carboxylic acids is 1. The second-order valence-corrected chi connectivity index (χ2v) is 7.53. The summed E-state index contributed by atoms with van der Waals surface area (Å²) in [6, 6.07) is 10.1. The molecule has 3 heteroatoms. The molecule has 0 aromatic heterocycles. The van der Waals surface area contributed by atoms with Gasteiger partial charge < -0.3 is 10.4 Å². The van der Waals surface area contributed by atoms with E-state index in [1.807, 2.05) is 18.2 Å². The molecule has 2 N–H and O–H groups in total. The predicted octanol–water partition coefficient (Wildman–Crippen LogP) is 4.27. The molecule has 1 saturated carbocycles. The topological polar surface area (TPSA) is 49.3 Å². The lowest BCUT2D eigenvalue weighted by Crippen LogP contribution is -2.42. The van der Waals surface area contributed by atoms with Gasteiger partial charge in [0.15, 0.2) is 0 Å². The minimum Gasteiger partial charge on any atom is -0.396 e. The first-order valence-electron chi connectivity index (χ1n) is 9.55. The van der Waals surface area contributed by atoms with Crippen LogP contribution in [0.1, 0.15) is 70.3 Å². The Hall–Kier alpha value is -1.35. The van der Waals surface area contributed by atoms with Crippen molar-refractivity contribution in [2.75, 3.05) is 13.2 Å². The molecule has 1 aliphatic carbocycles. The summed E-state index contributed by atoms with van der Waals surface area (Å²) in [5.41, 5.74) is 1.20. The number of rotatable bonds is 8. The highest BCUT2D eigenvalue weighted by atomic mass is 16.3. The average molecular weight is 331 g/mol. The van der Waals surface area contributed by atoms with Crippen LogP contribution < -0.4 is 5.32 Å². The molecule has 0 aliphatic heterocycles. The van der Waals surface area contributed by atoms with E-state index in [4.69, 9.17) is 0 Å². The minimum atomic E-state index is -0.0917. The highest BCUT2D eigenvalue weighted by molar-refractivity contribution is 5.84. The van der Waals surface area contributed by atoms with E-state index in [2.05, 4.69) is 31.3 Å². The summed E-state index contributed by atoms with van der Waals surface area (Å²) in [5, 5.41) is 12.7. The molecule has 1 aliphatic rings.